The number of imidazole rings is 1. The molecule has 0 aliphatic carbocycles. The monoisotopic (exact) mass is 463 g/mol. The van der Waals surface area contributed by atoms with E-state index in [4.69, 9.17) is 0 Å². The minimum Gasteiger partial charge on any atom is -0.340 e. The molecule has 0 amide bonds. The zero-order valence-electron chi connectivity index (χ0n) is 18.4. The molecule has 2 N–H and O–H groups in total. The lowest BCUT2D eigenvalue weighted by molar-refractivity contribution is 1.11. The second kappa shape index (κ2) is 8.57. The maximum Gasteiger partial charge on any atom is 0.187 e. The van der Waals surface area contributed by atoms with Crippen LogP contribution in [0.4, 0.5) is 22.3 Å². The maximum atomic E-state index is 4.51. The van der Waals surface area contributed by atoms with Crippen LogP contribution in [0.3, 0.4) is 0 Å². The number of aromatic nitrogens is 5. The molecule has 0 radical (unpaired) electrons. The number of nitrogens with zero attached hydrogens (tertiary/aromatic N) is 5. The standard InChI is InChI=1S/C26H21N7S/c1-17-12-20(3-2-19(17)13-18-6-9-33-10-7-27-24(33)14-18)31-25-22-15-21(32-26-28-8-11-34-26)4-5-23(22)29-16-30-25/h2-12,14-16H,13H2,1H3,(H,28,32)(H,29,30,31). The molecule has 8 heteroatoms. The van der Waals surface area contributed by atoms with Crippen LogP contribution in [0.25, 0.3) is 16.6 Å². The Labute approximate surface area is 200 Å². The van der Waals surface area contributed by atoms with Gasteiger partial charge in [-0.25, -0.2) is 19.9 Å². The van der Waals surface area contributed by atoms with Crippen molar-refractivity contribution in [1.29, 1.82) is 0 Å². The Morgan fingerprint density at radius 3 is 2.65 bits per heavy atom. The summed E-state index contributed by atoms with van der Waals surface area (Å²) in [5, 5.41) is 10.6. The molecule has 2 aromatic carbocycles. The van der Waals surface area contributed by atoms with E-state index in [0.717, 1.165) is 45.3 Å². The highest BCUT2D eigenvalue weighted by Crippen LogP contribution is 2.29. The molecule has 0 unspecified atom stereocenters. The molecule has 0 saturated carbocycles. The van der Waals surface area contributed by atoms with E-state index in [1.165, 1.54) is 16.7 Å². The molecule has 6 rings (SSSR count). The Hall–Kier alpha value is -4.30. The van der Waals surface area contributed by atoms with Crippen LogP contribution in [0.2, 0.25) is 0 Å². The summed E-state index contributed by atoms with van der Waals surface area (Å²) in [5.74, 6) is 0.768. The minimum absolute atomic E-state index is 0.768. The van der Waals surface area contributed by atoms with Crippen molar-refractivity contribution in [1.82, 2.24) is 24.3 Å². The largest absolute Gasteiger partial charge is 0.340 e. The van der Waals surface area contributed by atoms with Gasteiger partial charge in [-0.1, -0.05) is 6.07 Å². The van der Waals surface area contributed by atoms with Crippen molar-refractivity contribution in [2.24, 2.45) is 0 Å². The van der Waals surface area contributed by atoms with Gasteiger partial charge in [-0.2, -0.15) is 0 Å². The van der Waals surface area contributed by atoms with E-state index in [2.05, 4.69) is 74.0 Å². The van der Waals surface area contributed by atoms with Crippen molar-refractivity contribution in [2.45, 2.75) is 13.3 Å². The molecule has 6 aromatic rings. The molecular formula is C26H21N7S. The molecular weight excluding hydrogens is 442 g/mol. The van der Waals surface area contributed by atoms with Gasteiger partial charge in [-0.3, -0.25) is 0 Å². The van der Waals surface area contributed by atoms with Crippen LogP contribution in [0, 0.1) is 6.92 Å². The average molecular weight is 464 g/mol. The second-order valence-corrected chi connectivity index (χ2v) is 8.98. The summed E-state index contributed by atoms with van der Waals surface area (Å²) in [5.41, 5.74) is 7.52. The Morgan fingerprint density at radius 1 is 0.853 bits per heavy atom. The van der Waals surface area contributed by atoms with Gasteiger partial charge in [0.15, 0.2) is 5.13 Å². The third-order valence-corrected chi connectivity index (χ3v) is 6.47. The molecule has 0 atom stereocenters. The van der Waals surface area contributed by atoms with E-state index in [1.54, 1.807) is 23.9 Å². The lowest BCUT2D eigenvalue weighted by Crippen LogP contribution is -1.99. The molecule has 0 spiro atoms. The van der Waals surface area contributed by atoms with Gasteiger partial charge in [0.2, 0.25) is 0 Å². The second-order valence-electron chi connectivity index (χ2n) is 8.09. The van der Waals surface area contributed by atoms with Crippen LogP contribution in [-0.2, 0) is 6.42 Å². The third kappa shape index (κ3) is 4.06. The number of thiazole rings is 1. The van der Waals surface area contributed by atoms with E-state index >= 15 is 0 Å². The molecule has 0 aliphatic heterocycles. The molecule has 34 heavy (non-hydrogen) atoms. The Morgan fingerprint density at radius 2 is 1.76 bits per heavy atom. The minimum atomic E-state index is 0.768. The molecule has 0 bridgehead atoms. The van der Waals surface area contributed by atoms with E-state index in [0.29, 0.717) is 0 Å². The predicted molar refractivity (Wildman–Crippen MR) is 137 cm³/mol. The lowest BCUT2D eigenvalue weighted by Gasteiger charge is -2.13. The smallest absolute Gasteiger partial charge is 0.187 e. The summed E-state index contributed by atoms with van der Waals surface area (Å²) in [7, 11) is 0. The van der Waals surface area contributed by atoms with Crippen LogP contribution in [0.5, 0.6) is 0 Å². The van der Waals surface area contributed by atoms with Crippen LogP contribution >= 0.6 is 11.3 Å². The highest BCUT2D eigenvalue weighted by atomic mass is 32.1. The van der Waals surface area contributed by atoms with Gasteiger partial charge in [0.25, 0.3) is 0 Å². The van der Waals surface area contributed by atoms with E-state index < -0.39 is 0 Å². The van der Waals surface area contributed by atoms with Gasteiger partial charge in [0.05, 0.1) is 5.52 Å². The van der Waals surface area contributed by atoms with Crippen molar-refractivity contribution >= 4 is 50.2 Å². The maximum absolute atomic E-state index is 4.51. The molecule has 0 fully saturated rings. The van der Waals surface area contributed by atoms with Gasteiger partial charge < -0.3 is 15.0 Å². The first-order valence-electron chi connectivity index (χ1n) is 10.9. The highest BCUT2D eigenvalue weighted by Gasteiger charge is 2.09. The van der Waals surface area contributed by atoms with Crippen molar-refractivity contribution in [3.05, 3.63) is 102 Å². The van der Waals surface area contributed by atoms with Gasteiger partial charge in [0.1, 0.15) is 17.8 Å². The van der Waals surface area contributed by atoms with Crippen molar-refractivity contribution < 1.29 is 0 Å². The number of benzene rings is 2. The van der Waals surface area contributed by atoms with Gasteiger partial charge >= 0.3 is 0 Å². The quantitative estimate of drug-likeness (QED) is 0.310. The van der Waals surface area contributed by atoms with Crippen molar-refractivity contribution in [3.63, 3.8) is 0 Å². The van der Waals surface area contributed by atoms with Crippen LogP contribution in [0.1, 0.15) is 16.7 Å². The number of hydrogen-bond acceptors (Lipinski definition) is 7. The molecule has 4 aromatic heterocycles. The summed E-state index contributed by atoms with van der Waals surface area (Å²) < 4.78 is 2.02. The number of pyridine rings is 1. The molecule has 7 nitrogen and oxygen atoms in total. The number of rotatable bonds is 6. The van der Waals surface area contributed by atoms with Gasteiger partial charge in [-0.15, -0.1) is 11.3 Å². The Kier molecular flexibility index (Phi) is 5.12. The zero-order chi connectivity index (χ0) is 22.9. The fourth-order valence-corrected chi connectivity index (χ4v) is 4.58. The topological polar surface area (TPSA) is 80.0 Å². The van der Waals surface area contributed by atoms with Crippen LogP contribution in [-0.4, -0.2) is 24.3 Å². The molecule has 4 heterocycles. The third-order valence-electron chi connectivity index (χ3n) is 5.78. The summed E-state index contributed by atoms with van der Waals surface area (Å²) in [6.45, 7) is 2.14. The van der Waals surface area contributed by atoms with E-state index in [1.807, 2.05) is 40.4 Å². The SMILES string of the molecule is Cc1cc(Nc2ncnc3ccc(Nc4nccs4)cc23)ccc1Cc1ccn2ccnc2c1. The Balaban J connectivity index is 1.25. The highest BCUT2D eigenvalue weighted by molar-refractivity contribution is 7.13. The fourth-order valence-electron chi connectivity index (χ4n) is 4.03. The lowest BCUT2D eigenvalue weighted by atomic mass is 10.0. The Bertz CT molecular complexity index is 1610. The number of aryl methyl sites for hydroxylation is 1. The summed E-state index contributed by atoms with van der Waals surface area (Å²) in [4.78, 5) is 17.6. The summed E-state index contributed by atoms with van der Waals surface area (Å²) >= 11 is 1.56. The summed E-state index contributed by atoms with van der Waals surface area (Å²) in [6.07, 6.45) is 10.1. The van der Waals surface area contributed by atoms with E-state index in [-0.39, 0.29) is 0 Å². The van der Waals surface area contributed by atoms with E-state index in [9.17, 15) is 0 Å². The first-order chi connectivity index (χ1) is 16.7. The van der Waals surface area contributed by atoms with Gasteiger partial charge in [-0.05, 0) is 72.5 Å². The van der Waals surface area contributed by atoms with Crippen molar-refractivity contribution in [3.8, 4) is 0 Å². The molecule has 0 aliphatic rings. The molecule has 0 saturated heterocycles. The first-order valence-corrected chi connectivity index (χ1v) is 11.8. The predicted octanol–water partition coefficient (Wildman–Crippen LogP) is 6.12. The van der Waals surface area contributed by atoms with Gasteiger partial charge in [0, 0.05) is 46.9 Å². The number of anilines is 4. The summed E-state index contributed by atoms with van der Waals surface area (Å²) in [6, 6.07) is 16.7. The normalized spacial score (nSPS) is 11.2. The zero-order valence-corrected chi connectivity index (χ0v) is 19.3. The molecule has 166 valence electrons. The first kappa shape index (κ1) is 20.3. The number of hydrogen-bond donors (Lipinski definition) is 2. The van der Waals surface area contributed by atoms with Crippen LogP contribution < -0.4 is 10.6 Å². The van der Waals surface area contributed by atoms with Crippen LogP contribution in [0.15, 0.2) is 85.0 Å². The van der Waals surface area contributed by atoms with Crippen molar-refractivity contribution in [2.75, 3.05) is 10.6 Å². The number of fused-ring (bicyclic) bond motifs is 2. The fraction of sp³-hybridized carbons (Fsp3) is 0.0769. The number of nitrogens with one attached hydrogen (secondary N) is 2. The average Bonchev–Trinajstić information content (AvgIpc) is 3.53.